The average Bonchev–Trinajstić information content (AvgIpc) is 2.50. The van der Waals surface area contributed by atoms with Crippen LogP contribution in [0.25, 0.3) is 0 Å². The second kappa shape index (κ2) is 5.46. The van der Waals surface area contributed by atoms with E-state index in [1.165, 1.54) is 0 Å². The third-order valence-corrected chi connectivity index (χ3v) is 3.37. The van der Waals surface area contributed by atoms with Crippen LogP contribution in [0.15, 0.2) is 0 Å². The molecule has 0 radical (unpaired) electrons. The molecule has 1 rings (SSSR count). The van der Waals surface area contributed by atoms with Gasteiger partial charge in [0, 0.05) is 35.4 Å². The van der Waals surface area contributed by atoms with E-state index in [9.17, 15) is 9.00 Å². The van der Waals surface area contributed by atoms with Crippen molar-refractivity contribution in [2.75, 3.05) is 18.6 Å². The highest BCUT2D eigenvalue weighted by Gasteiger charge is 2.29. The minimum absolute atomic E-state index is 0.0159. The molecule has 82 valence electrons. The first-order valence-electron chi connectivity index (χ1n) is 4.94. The first-order valence-corrected chi connectivity index (χ1v) is 6.67. The highest BCUT2D eigenvalue weighted by molar-refractivity contribution is 7.84. The van der Waals surface area contributed by atoms with E-state index in [0.717, 1.165) is 19.3 Å². The fraction of sp³-hybridized carbons (Fsp3) is 0.889. The Bertz CT molecular complexity index is 233. The van der Waals surface area contributed by atoms with Crippen LogP contribution in [0.5, 0.6) is 0 Å². The molecule has 1 amide bonds. The van der Waals surface area contributed by atoms with Crippen molar-refractivity contribution in [2.45, 2.75) is 25.3 Å². The monoisotopic (exact) mass is 218 g/mol. The van der Waals surface area contributed by atoms with E-state index < -0.39 is 10.8 Å². The van der Waals surface area contributed by atoms with Crippen molar-refractivity contribution in [1.29, 1.82) is 0 Å². The first kappa shape index (κ1) is 11.7. The zero-order valence-corrected chi connectivity index (χ0v) is 9.31. The molecule has 0 saturated heterocycles. The summed E-state index contributed by atoms with van der Waals surface area (Å²) >= 11 is 0. The third-order valence-electron chi connectivity index (χ3n) is 2.59. The van der Waals surface area contributed by atoms with Crippen LogP contribution in [0.3, 0.4) is 0 Å². The van der Waals surface area contributed by atoms with Crippen molar-refractivity contribution in [3.63, 3.8) is 0 Å². The molecule has 0 aliphatic heterocycles. The lowest BCUT2D eigenvalue weighted by Crippen LogP contribution is -2.39. The van der Waals surface area contributed by atoms with Gasteiger partial charge in [0.1, 0.15) is 0 Å². The smallest absolute Gasteiger partial charge is 0.224 e. The van der Waals surface area contributed by atoms with E-state index in [-0.39, 0.29) is 17.9 Å². The van der Waals surface area contributed by atoms with Gasteiger partial charge in [-0.1, -0.05) is 6.42 Å². The Hall–Kier alpha value is -0.420. The van der Waals surface area contributed by atoms with Crippen LogP contribution in [0.4, 0.5) is 0 Å². The maximum Gasteiger partial charge on any atom is 0.224 e. The molecule has 0 aromatic heterocycles. The molecule has 0 spiro atoms. The third kappa shape index (κ3) is 3.38. The van der Waals surface area contributed by atoms with Gasteiger partial charge < -0.3 is 11.1 Å². The number of carbonyl (C=O) groups is 1. The van der Waals surface area contributed by atoms with Crippen LogP contribution in [-0.4, -0.2) is 34.7 Å². The Labute approximate surface area is 87.1 Å². The van der Waals surface area contributed by atoms with Crippen molar-refractivity contribution in [3.8, 4) is 0 Å². The molecule has 1 saturated carbocycles. The topological polar surface area (TPSA) is 72.2 Å². The number of carbonyl (C=O) groups excluding carboxylic acids is 1. The van der Waals surface area contributed by atoms with Gasteiger partial charge in [-0.2, -0.15) is 0 Å². The molecule has 3 N–H and O–H groups in total. The van der Waals surface area contributed by atoms with Crippen LogP contribution in [0.2, 0.25) is 0 Å². The number of amides is 1. The van der Waals surface area contributed by atoms with Crippen molar-refractivity contribution in [2.24, 2.45) is 11.7 Å². The SMILES string of the molecule is CS(=O)CCNC(=O)C1CCCC1N. The summed E-state index contributed by atoms with van der Waals surface area (Å²) in [5.41, 5.74) is 5.79. The number of nitrogens with two attached hydrogens (primary N) is 1. The van der Waals surface area contributed by atoms with Gasteiger partial charge in [-0.05, 0) is 12.8 Å². The maximum absolute atomic E-state index is 11.5. The van der Waals surface area contributed by atoms with E-state index in [0.29, 0.717) is 12.3 Å². The van der Waals surface area contributed by atoms with Crippen LogP contribution >= 0.6 is 0 Å². The minimum atomic E-state index is -0.838. The second-order valence-corrected chi connectivity index (χ2v) is 5.32. The summed E-state index contributed by atoms with van der Waals surface area (Å²) in [4.78, 5) is 11.5. The lowest BCUT2D eigenvalue weighted by molar-refractivity contribution is -0.125. The lowest BCUT2D eigenvalue weighted by atomic mass is 10.0. The van der Waals surface area contributed by atoms with E-state index in [4.69, 9.17) is 5.73 Å². The molecule has 0 aromatic rings. The molecular weight excluding hydrogens is 200 g/mol. The highest BCUT2D eigenvalue weighted by atomic mass is 32.2. The average molecular weight is 218 g/mol. The number of hydrogen-bond acceptors (Lipinski definition) is 3. The van der Waals surface area contributed by atoms with Gasteiger partial charge in [-0.3, -0.25) is 9.00 Å². The Balaban J connectivity index is 2.24. The molecule has 0 bridgehead atoms. The van der Waals surface area contributed by atoms with Crippen LogP contribution in [0.1, 0.15) is 19.3 Å². The van der Waals surface area contributed by atoms with Gasteiger partial charge in [0.15, 0.2) is 0 Å². The quantitative estimate of drug-likeness (QED) is 0.675. The largest absolute Gasteiger partial charge is 0.355 e. The summed E-state index contributed by atoms with van der Waals surface area (Å²) < 4.78 is 10.7. The molecular formula is C9H18N2O2S. The highest BCUT2D eigenvalue weighted by Crippen LogP contribution is 2.23. The normalized spacial score (nSPS) is 28.7. The minimum Gasteiger partial charge on any atom is -0.355 e. The molecule has 5 heteroatoms. The maximum atomic E-state index is 11.5. The molecule has 0 aromatic carbocycles. The Kier molecular flexibility index (Phi) is 4.54. The van der Waals surface area contributed by atoms with E-state index in [1.54, 1.807) is 6.26 Å². The van der Waals surface area contributed by atoms with E-state index in [2.05, 4.69) is 5.32 Å². The lowest BCUT2D eigenvalue weighted by Gasteiger charge is -2.14. The van der Waals surface area contributed by atoms with Crippen LogP contribution in [-0.2, 0) is 15.6 Å². The van der Waals surface area contributed by atoms with Crippen molar-refractivity contribution < 1.29 is 9.00 Å². The first-order chi connectivity index (χ1) is 6.61. The van der Waals surface area contributed by atoms with Gasteiger partial charge in [-0.15, -0.1) is 0 Å². The standard InChI is InChI=1S/C9H18N2O2S/c1-14(13)6-5-11-9(12)7-3-2-4-8(7)10/h7-8H,2-6,10H2,1H3,(H,11,12). The fourth-order valence-electron chi connectivity index (χ4n) is 1.76. The van der Waals surface area contributed by atoms with Gasteiger partial charge in [-0.25, -0.2) is 0 Å². The fourth-order valence-corrected chi connectivity index (χ4v) is 2.15. The van der Waals surface area contributed by atoms with Gasteiger partial charge in [0.2, 0.25) is 5.91 Å². The summed E-state index contributed by atoms with van der Waals surface area (Å²) in [6, 6.07) is 0.0159. The predicted molar refractivity (Wildman–Crippen MR) is 57.3 cm³/mol. The zero-order chi connectivity index (χ0) is 10.6. The molecule has 3 unspecified atom stereocenters. The summed E-state index contributed by atoms with van der Waals surface area (Å²) in [6.07, 6.45) is 4.51. The van der Waals surface area contributed by atoms with Crippen molar-refractivity contribution in [3.05, 3.63) is 0 Å². The van der Waals surface area contributed by atoms with Crippen molar-refractivity contribution >= 4 is 16.7 Å². The molecule has 14 heavy (non-hydrogen) atoms. The van der Waals surface area contributed by atoms with Crippen LogP contribution < -0.4 is 11.1 Å². The van der Waals surface area contributed by atoms with Gasteiger partial charge in [0.05, 0.1) is 5.92 Å². The molecule has 4 nitrogen and oxygen atoms in total. The van der Waals surface area contributed by atoms with Crippen molar-refractivity contribution in [1.82, 2.24) is 5.32 Å². The Morgan fingerprint density at radius 2 is 2.29 bits per heavy atom. The number of nitrogens with one attached hydrogen (secondary N) is 1. The molecule has 1 aliphatic carbocycles. The Morgan fingerprint density at radius 1 is 1.57 bits per heavy atom. The molecule has 3 atom stereocenters. The summed E-state index contributed by atoms with van der Waals surface area (Å²) in [7, 11) is -0.838. The van der Waals surface area contributed by atoms with Gasteiger partial charge in [0.25, 0.3) is 0 Å². The number of rotatable bonds is 4. The van der Waals surface area contributed by atoms with Gasteiger partial charge >= 0.3 is 0 Å². The summed E-state index contributed by atoms with van der Waals surface area (Å²) in [5.74, 6) is 0.522. The second-order valence-electron chi connectivity index (χ2n) is 3.77. The summed E-state index contributed by atoms with van der Waals surface area (Å²) in [6.45, 7) is 0.491. The zero-order valence-electron chi connectivity index (χ0n) is 8.49. The molecule has 0 heterocycles. The summed E-state index contributed by atoms with van der Waals surface area (Å²) in [5, 5.41) is 2.77. The Morgan fingerprint density at radius 3 is 2.79 bits per heavy atom. The number of hydrogen-bond donors (Lipinski definition) is 2. The molecule has 1 fully saturated rings. The predicted octanol–water partition coefficient (Wildman–Crippen LogP) is -0.391. The molecule has 1 aliphatic rings. The van der Waals surface area contributed by atoms with Crippen LogP contribution in [0, 0.1) is 5.92 Å². The van der Waals surface area contributed by atoms with E-state index in [1.807, 2.05) is 0 Å². The van der Waals surface area contributed by atoms with E-state index >= 15 is 0 Å².